The maximum Gasteiger partial charge on any atom is 0.332 e. The Labute approximate surface area is 74.5 Å². The topological polar surface area (TPSA) is 35.5 Å². The van der Waals surface area contributed by atoms with Crippen LogP contribution in [0.5, 0.6) is 0 Å². The summed E-state index contributed by atoms with van der Waals surface area (Å²) in [4.78, 5) is 10.7. The molecule has 0 aliphatic heterocycles. The minimum atomic E-state index is -1.61. The molecular weight excluding hydrogens is 172 g/mol. The van der Waals surface area contributed by atoms with Crippen LogP contribution in [0.4, 0.5) is 0 Å². The van der Waals surface area contributed by atoms with Gasteiger partial charge in [0.15, 0.2) is 14.6 Å². The Morgan fingerprint density at radius 3 is 2.33 bits per heavy atom. The highest BCUT2D eigenvalue weighted by atomic mass is 28.4. The summed E-state index contributed by atoms with van der Waals surface area (Å²) in [5, 5.41) is 0. The van der Waals surface area contributed by atoms with Gasteiger partial charge in [-0.15, -0.1) is 0 Å². The summed E-state index contributed by atoms with van der Waals surface area (Å²) in [6.45, 7) is 11.1. The zero-order valence-electron chi connectivity index (χ0n) is 8.09. The Kier molecular flexibility index (Phi) is 4.20. The van der Waals surface area contributed by atoms with Crippen LogP contribution in [0, 0.1) is 0 Å². The number of rotatable bonds is 4. The Hall–Kier alpha value is -0.613. The molecular formula is C8H16O3Si. The Morgan fingerprint density at radius 2 is 2.00 bits per heavy atom. The van der Waals surface area contributed by atoms with E-state index in [1.54, 1.807) is 6.92 Å². The predicted molar refractivity (Wildman–Crippen MR) is 50.2 cm³/mol. The molecule has 4 heteroatoms. The largest absolute Gasteiger partial charge is 0.434 e. The molecule has 0 amide bonds. The van der Waals surface area contributed by atoms with Gasteiger partial charge in [-0.2, -0.15) is 0 Å². The van der Waals surface area contributed by atoms with E-state index in [1.165, 1.54) is 0 Å². The van der Waals surface area contributed by atoms with E-state index in [0.717, 1.165) is 6.08 Å². The van der Waals surface area contributed by atoms with E-state index in [0.29, 0.717) is 0 Å². The van der Waals surface area contributed by atoms with E-state index < -0.39 is 20.6 Å². The van der Waals surface area contributed by atoms with Crippen LogP contribution in [-0.2, 0) is 14.0 Å². The monoisotopic (exact) mass is 188 g/mol. The first-order chi connectivity index (χ1) is 5.35. The number of hydrogen-bond acceptors (Lipinski definition) is 3. The fourth-order valence-electron chi connectivity index (χ4n) is 0.734. The molecule has 0 radical (unpaired) electrons. The number of ether oxygens (including phenoxy) is 1. The standard InChI is InChI=1S/C8H16O3Si/c1-6-8(9)10-7(2)11-12(3,4)5/h6-7H,1H2,2-5H3. The first kappa shape index (κ1) is 11.4. The minimum Gasteiger partial charge on any atom is -0.434 e. The van der Waals surface area contributed by atoms with Crippen LogP contribution in [0.15, 0.2) is 12.7 Å². The lowest BCUT2D eigenvalue weighted by Crippen LogP contribution is -2.32. The fourth-order valence-corrected chi connectivity index (χ4v) is 1.78. The summed E-state index contributed by atoms with van der Waals surface area (Å²) in [5.74, 6) is -0.444. The van der Waals surface area contributed by atoms with E-state index in [9.17, 15) is 4.79 Å². The van der Waals surface area contributed by atoms with Crippen molar-refractivity contribution in [2.75, 3.05) is 0 Å². The summed E-state index contributed by atoms with van der Waals surface area (Å²) in [7, 11) is -1.61. The molecule has 0 spiro atoms. The molecule has 0 aromatic heterocycles. The van der Waals surface area contributed by atoms with Gasteiger partial charge in [0.1, 0.15) is 0 Å². The third-order valence-electron chi connectivity index (χ3n) is 0.968. The van der Waals surface area contributed by atoms with E-state index >= 15 is 0 Å². The molecule has 3 nitrogen and oxygen atoms in total. The number of hydrogen-bond donors (Lipinski definition) is 0. The van der Waals surface area contributed by atoms with Crippen molar-refractivity contribution >= 4 is 14.3 Å². The molecule has 70 valence electrons. The van der Waals surface area contributed by atoms with Gasteiger partial charge in [0.05, 0.1) is 0 Å². The van der Waals surface area contributed by atoms with Gasteiger partial charge in [-0.3, -0.25) is 0 Å². The molecule has 0 aliphatic rings. The Bertz CT molecular complexity index is 172. The molecule has 0 saturated heterocycles. The molecule has 0 aliphatic carbocycles. The minimum absolute atomic E-state index is 0.444. The highest BCUT2D eigenvalue weighted by Gasteiger charge is 2.19. The molecule has 0 bridgehead atoms. The van der Waals surface area contributed by atoms with Gasteiger partial charge >= 0.3 is 5.97 Å². The maximum absolute atomic E-state index is 10.7. The van der Waals surface area contributed by atoms with E-state index in [4.69, 9.17) is 9.16 Å². The zero-order valence-corrected chi connectivity index (χ0v) is 9.09. The van der Waals surface area contributed by atoms with Crippen LogP contribution < -0.4 is 0 Å². The van der Waals surface area contributed by atoms with Crippen LogP contribution in [0.25, 0.3) is 0 Å². The lowest BCUT2D eigenvalue weighted by atomic mass is 10.6. The zero-order chi connectivity index (χ0) is 9.78. The summed E-state index contributed by atoms with van der Waals surface area (Å²) in [6, 6.07) is 0. The molecule has 0 heterocycles. The van der Waals surface area contributed by atoms with Crippen molar-refractivity contribution in [2.45, 2.75) is 32.9 Å². The van der Waals surface area contributed by atoms with Crippen molar-refractivity contribution in [3.8, 4) is 0 Å². The molecule has 0 rings (SSSR count). The molecule has 0 saturated carbocycles. The SMILES string of the molecule is C=CC(=O)OC(C)O[Si](C)(C)C. The third kappa shape index (κ3) is 6.12. The van der Waals surface area contributed by atoms with Crippen LogP contribution in [-0.4, -0.2) is 20.6 Å². The van der Waals surface area contributed by atoms with Crippen molar-refractivity contribution in [1.29, 1.82) is 0 Å². The average molecular weight is 188 g/mol. The molecule has 0 aromatic carbocycles. The lowest BCUT2D eigenvalue weighted by Gasteiger charge is -2.22. The molecule has 0 fully saturated rings. The Balaban J connectivity index is 3.82. The number of esters is 1. The molecule has 0 aromatic rings. The van der Waals surface area contributed by atoms with Gasteiger partial charge in [0.25, 0.3) is 0 Å². The van der Waals surface area contributed by atoms with Gasteiger partial charge in [-0.05, 0) is 26.6 Å². The van der Waals surface area contributed by atoms with Crippen LogP contribution in [0.2, 0.25) is 19.6 Å². The quantitative estimate of drug-likeness (QED) is 0.292. The van der Waals surface area contributed by atoms with E-state index in [2.05, 4.69) is 6.58 Å². The van der Waals surface area contributed by atoms with E-state index in [1.807, 2.05) is 19.6 Å². The predicted octanol–water partition coefficient (Wildman–Crippen LogP) is 1.91. The summed E-state index contributed by atoms with van der Waals surface area (Å²) in [5.41, 5.74) is 0. The van der Waals surface area contributed by atoms with Crippen LogP contribution >= 0.6 is 0 Å². The maximum atomic E-state index is 10.7. The summed E-state index contributed by atoms with van der Waals surface area (Å²) < 4.78 is 10.3. The second-order valence-electron chi connectivity index (χ2n) is 3.44. The van der Waals surface area contributed by atoms with E-state index in [-0.39, 0.29) is 0 Å². The van der Waals surface area contributed by atoms with Gasteiger partial charge in [0, 0.05) is 6.08 Å². The number of carbonyl (C=O) groups excluding carboxylic acids is 1. The van der Waals surface area contributed by atoms with Gasteiger partial charge in [-0.25, -0.2) is 4.79 Å². The second-order valence-corrected chi connectivity index (χ2v) is 7.90. The van der Waals surface area contributed by atoms with Crippen LogP contribution in [0.3, 0.4) is 0 Å². The van der Waals surface area contributed by atoms with Crippen molar-refractivity contribution in [1.82, 2.24) is 0 Å². The first-order valence-corrected chi connectivity index (χ1v) is 7.27. The molecule has 1 atom stereocenters. The first-order valence-electron chi connectivity index (χ1n) is 3.86. The highest BCUT2D eigenvalue weighted by Crippen LogP contribution is 2.07. The second kappa shape index (κ2) is 4.42. The van der Waals surface area contributed by atoms with Crippen molar-refractivity contribution < 1.29 is 14.0 Å². The van der Waals surface area contributed by atoms with Crippen LogP contribution in [0.1, 0.15) is 6.92 Å². The van der Waals surface area contributed by atoms with Crippen molar-refractivity contribution in [3.63, 3.8) is 0 Å². The smallest absolute Gasteiger partial charge is 0.332 e. The number of carbonyl (C=O) groups is 1. The highest BCUT2D eigenvalue weighted by molar-refractivity contribution is 6.69. The summed E-state index contributed by atoms with van der Waals surface area (Å²) >= 11 is 0. The third-order valence-corrected chi connectivity index (χ3v) is 2.01. The lowest BCUT2D eigenvalue weighted by molar-refractivity contribution is -0.155. The van der Waals surface area contributed by atoms with Crippen molar-refractivity contribution in [3.05, 3.63) is 12.7 Å². The Morgan fingerprint density at radius 1 is 1.50 bits per heavy atom. The van der Waals surface area contributed by atoms with Gasteiger partial charge in [-0.1, -0.05) is 6.58 Å². The fraction of sp³-hybridized carbons (Fsp3) is 0.625. The van der Waals surface area contributed by atoms with Gasteiger partial charge in [0.2, 0.25) is 0 Å². The normalized spacial score (nSPS) is 13.7. The van der Waals surface area contributed by atoms with Gasteiger partial charge < -0.3 is 9.16 Å². The van der Waals surface area contributed by atoms with Crippen molar-refractivity contribution in [2.24, 2.45) is 0 Å². The molecule has 1 unspecified atom stereocenters. The molecule has 12 heavy (non-hydrogen) atoms. The summed E-state index contributed by atoms with van der Waals surface area (Å²) in [6.07, 6.45) is 0.659. The molecule has 0 N–H and O–H groups in total. The average Bonchev–Trinajstić information content (AvgIpc) is 1.82.